The number of rotatable bonds is 4. The average Bonchev–Trinajstić information content (AvgIpc) is 3.91. The number of benzene rings is 10. The van der Waals surface area contributed by atoms with Crippen LogP contribution in [-0.4, -0.2) is 4.57 Å². The maximum atomic E-state index is 6.58. The van der Waals surface area contributed by atoms with Gasteiger partial charge in [0.1, 0.15) is 11.2 Å². The highest BCUT2D eigenvalue weighted by molar-refractivity contribution is 6.29. The summed E-state index contributed by atoms with van der Waals surface area (Å²) in [7, 11) is 0. The molecule has 59 heavy (non-hydrogen) atoms. The first-order valence-electron chi connectivity index (χ1n) is 20.6. The lowest BCUT2D eigenvalue weighted by molar-refractivity contribution is 0.666. The molecule has 0 N–H and O–H groups in total. The SMILES string of the molecule is CC1(C)c2ccccc2-c2c1c1cc(-c3ccc4ccc5c(-c6cccc7oc8cc(-c9ccccc9)ccc8c67)ccc6ccc3c4c65)ccc1n2-c1ccccc1. The minimum atomic E-state index is -0.144. The van der Waals surface area contributed by atoms with E-state index in [1.807, 2.05) is 0 Å². The molecule has 1 aliphatic rings. The summed E-state index contributed by atoms with van der Waals surface area (Å²) in [6, 6.07) is 69.2. The molecule has 13 rings (SSSR count). The summed E-state index contributed by atoms with van der Waals surface area (Å²) in [5, 5.41) is 11.3. The summed E-state index contributed by atoms with van der Waals surface area (Å²) >= 11 is 0. The normalized spacial score (nSPS) is 13.4. The molecular formula is C57H37NO. The zero-order valence-corrected chi connectivity index (χ0v) is 32.8. The van der Waals surface area contributed by atoms with Gasteiger partial charge in [0.05, 0.1) is 11.2 Å². The van der Waals surface area contributed by atoms with Gasteiger partial charge in [-0.3, -0.25) is 0 Å². The number of fused-ring (bicyclic) bond motifs is 8. The molecule has 2 aromatic heterocycles. The Morgan fingerprint density at radius 3 is 1.85 bits per heavy atom. The summed E-state index contributed by atoms with van der Waals surface area (Å²) in [5.41, 5.74) is 16.8. The van der Waals surface area contributed by atoms with Crippen LogP contribution in [0.2, 0.25) is 0 Å². The van der Waals surface area contributed by atoms with Crippen molar-refractivity contribution in [2.24, 2.45) is 0 Å². The van der Waals surface area contributed by atoms with Gasteiger partial charge in [0.15, 0.2) is 0 Å². The monoisotopic (exact) mass is 751 g/mol. The van der Waals surface area contributed by atoms with E-state index in [0.717, 1.165) is 27.5 Å². The van der Waals surface area contributed by atoms with Crippen LogP contribution in [0.25, 0.3) is 115 Å². The number of aromatic nitrogens is 1. The number of nitrogens with zero attached hydrogens (tertiary/aromatic N) is 1. The first-order chi connectivity index (χ1) is 29.0. The highest BCUT2D eigenvalue weighted by Crippen LogP contribution is 2.54. The van der Waals surface area contributed by atoms with Crippen LogP contribution in [0.1, 0.15) is 25.0 Å². The lowest BCUT2D eigenvalue weighted by Crippen LogP contribution is -2.14. The van der Waals surface area contributed by atoms with Crippen molar-refractivity contribution < 1.29 is 4.42 Å². The third kappa shape index (κ3) is 4.46. The molecule has 0 aliphatic heterocycles. The minimum absolute atomic E-state index is 0.144. The highest BCUT2D eigenvalue weighted by Gasteiger charge is 2.40. The first-order valence-corrected chi connectivity index (χ1v) is 20.6. The second kappa shape index (κ2) is 11.8. The lowest BCUT2D eigenvalue weighted by Gasteiger charge is -2.21. The smallest absolute Gasteiger partial charge is 0.136 e. The van der Waals surface area contributed by atoms with Gasteiger partial charge in [0.2, 0.25) is 0 Å². The molecule has 12 aromatic rings. The molecule has 0 fully saturated rings. The Hall–Kier alpha value is -7.42. The molecule has 0 unspecified atom stereocenters. The van der Waals surface area contributed by atoms with Crippen molar-refractivity contribution in [2.75, 3.05) is 0 Å². The fourth-order valence-corrected chi connectivity index (χ4v) is 10.7. The van der Waals surface area contributed by atoms with E-state index in [1.54, 1.807) is 0 Å². The molecular weight excluding hydrogens is 715 g/mol. The summed E-state index contributed by atoms with van der Waals surface area (Å²) in [4.78, 5) is 0. The van der Waals surface area contributed by atoms with Crippen LogP contribution in [0.5, 0.6) is 0 Å². The van der Waals surface area contributed by atoms with Crippen molar-refractivity contribution in [2.45, 2.75) is 19.3 Å². The van der Waals surface area contributed by atoms with Gasteiger partial charge in [-0.05, 0) is 119 Å². The number of hydrogen-bond acceptors (Lipinski definition) is 1. The zero-order chi connectivity index (χ0) is 39.0. The van der Waals surface area contributed by atoms with E-state index in [4.69, 9.17) is 4.42 Å². The van der Waals surface area contributed by atoms with Crippen molar-refractivity contribution in [3.05, 3.63) is 199 Å². The Kier molecular flexibility index (Phi) is 6.54. The highest BCUT2D eigenvalue weighted by atomic mass is 16.3. The standard InChI is InChI=1S/C57H37NO/c1-57(2)48-18-10-9-16-45(48)56-55(57)47-32-38(25-31-49(47)58(56)39-14-7-4-8-15-39)40-26-20-35-23-29-44-41(27-21-36-22-28-43(40)52(35)53(36)44)42-17-11-19-50-54(42)46-30-24-37(33-51(46)59-50)34-12-5-3-6-13-34/h3-33H,1-2H3. The Balaban J connectivity index is 1.02. The fourth-order valence-electron chi connectivity index (χ4n) is 10.7. The fraction of sp³-hybridized carbons (Fsp3) is 0.0526. The number of furan rings is 1. The summed E-state index contributed by atoms with van der Waals surface area (Å²) in [5.74, 6) is 0. The molecule has 2 heteroatoms. The number of para-hydroxylation sites is 1. The van der Waals surface area contributed by atoms with E-state index in [1.165, 1.54) is 99.1 Å². The second-order valence-electron chi connectivity index (χ2n) is 16.8. The van der Waals surface area contributed by atoms with Crippen LogP contribution >= 0.6 is 0 Å². The molecule has 0 amide bonds. The molecule has 276 valence electrons. The van der Waals surface area contributed by atoms with E-state index in [0.29, 0.717) is 0 Å². The van der Waals surface area contributed by atoms with E-state index < -0.39 is 0 Å². The molecule has 0 spiro atoms. The summed E-state index contributed by atoms with van der Waals surface area (Å²) in [6.45, 7) is 4.78. The third-order valence-corrected chi connectivity index (χ3v) is 13.3. The van der Waals surface area contributed by atoms with Crippen LogP contribution in [0, 0.1) is 0 Å². The van der Waals surface area contributed by atoms with E-state index in [-0.39, 0.29) is 5.41 Å². The average molecular weight is 752 g/mol. The van der Waals surface area contributed by atoms with Crippen LogP contribution in [0.3, 0.4) is 0 Å². The van der Waals surface area contributed by atoms with E-state index in [9.17, 15) is 0 Å². The molecule has 0 radical (unpaired) electrons. The molecule has 0 saturated carbocycles. The molecule has 0 atom stereocenters. The van der Waals surface area contributed by atoms with Gasteiger partial charge in [-0.25, -0.2) is 0 Å². The number of hydrogen-bond donors (Lipinski definition) is 0. The van der Waals surface area contributed by atoms with Crippen molar-refractivity contribution in [1.82, 2.24) is 4.57 Å². The first kappa shape index (κ1) is 32.6. The largest absolute Gasteiger partial charge is 0.456 e. The maximum absolute atomic E-state index is 6.58. The molecule has 0 bridgehead atoms. The van der Waals surface area contributed by atoms with Gasteiger partial charge < -0.3 is 8.98 Å². The van der Waals surface area contributed by atoms with Crippen LogP contribution in [0.4, 0.5) is 0 Å². The van der Waals surface area contributed by atoms with E-state index in [2.05, 4.69) is 206 Å². The molecule has 2 nitrogen and oxygen atoms in total. The topological polar surface area (TPSA) is 18.1 Å². The van der Waals surface area contributed by atoms with Crippen molar-refractivity contribution in [3.8, 4) is 50.3 Å². The van der Waals surface area contributed by atoms with Crippen LogP contribution in [-0.2, 0) is 5.41 Å². The van der Waals surface area contributed by atoms with Crippen molar-refractivity contribution >= 4 is 65.2 Å². The predicted molar refractivity (Wildman–Crippen MR) is 248 cm³/mol. The van der Waals surface area contributed by atoms with Crippen molar-refractivity contribution in [3.63, 3.8) is 0 Å². The quantitative estimate of drug-likeness (QED) is 0.164. The van der Waals surface area contributed by atoms with Crippen LogP contribution < -0.4 is 0 Å². The maximum Gasteiger partial charge on any atom is 0.136 e. The minimum Gasteiger partial charge on any atom is -0.456 e. The second-order valence-corrected chi connectivity index (χ2v) is 16.8. The third-order valence-electron chi connectivity index (χ3n) is 13.3. The molecule has 1 aliphatic carbocycles. The van der Waals surface area contributed by atoms with Gasteiger partial charge >= 0.3 is 0 Å². The Labute approximate surface area is 341 Å². The van der Waals surface area contributed by atoms with Gasteiger partial charge in [0.25, 0.3) is 0 Å². The predicted octanol–water partition coefficient (Wildman–Crippen LogP) is 15.7. The van der Waals surface area contributed by atoms with Gasteiger partial charge in [0, 0.05) is 32.8 Å². The Morgan fingerprint density at radius 2 is 1.05 bits per heavy atom. The zero-order valence-electron chi connectivity index (χ0n) is 32.8. The van der Waals surface area contributed by atoms with Crippen LogP contribution in [0.15, 0.2) is 192 Å². The van der Waals surface area contributed by atoms with Crippen molar-refractivity contribution in [1.29, 1.82) is 0 Å². The van der Waals surface area contributed by atoms with Gasteiger partial charge in [-0.1, -0.05) is 159 Å². The summed E-state index contributed by atoms with van der Waals surface area (Å²) in [6.07, 6.45) is 0. The molecule has 2 heterocycles. The molecule has 0 saturated heterocycles. The Bertz CT molecular complexity index is 3680. The summed E-state index contributed by atoms with van der Waals surface area (Å²) < 4.78 is 9.07. The van der Waals surface area contributed by atoms with E-state index >= 15 is 0 Å². The van der Waals surface area contributed by atoms with Gasteiger partial charge in [-0.2, -0.15) is 0 Å². The Morgan fingerprint density at radius 1 is 0.407 bits per heavy atom. The lowest BCUT2D eigenvalue weighted by atomic mass is 9.81. The molecule has 10 aromatic carbocycles. The van der Waals surface area contributed by atoms with Gasteiger partial charge in [-0.15, -0.1) is 0 Å².